The third-order valence-corrected chi connectivity index (χ3v) is 22.7. The number of benzene rings is 14. The second-order valence-electron chi connectivity index (χ2n) is 25.1. The fourth-order valence-electron chi connectivity index (χ4n) is 16.8. The Labute approximate surface area is 535 Å². The molecule has 0 saturated carbocycles. The second-order valence-corrected chi connectivity index (χ2v) is 27.2. The van der Waals surface area contributed by atoms with Gasteiger partial charge in [-0.2, -0.15) is 0 Å². The maximum Gasteiger partial charge on any atom is 0.252 e. The van der Waals surface area contributed by atoms with Crippen molar-refractivity contribution in [3.8, 4) is 22.5 Å². The summed E-state index contributed by atoms with van der Waals surface area (Å²) in [5.41, 5.74) is 23.9. The minimum Gasteiger partial charge on any atom is -0.311 e. The van der Waals surface area contributed by atoms with Crippen LogP contribution in [0.1, 0.15) is 0 Å². The molecule has 0 fully saturated rings. The molecule has 22 rings (SSSR count). The molecule has 0 atom stereocenters. The van der Waals surface area contributed by atoms with Gasteiger partial charge in [0.2, 0.25) is 0 Å². The zero-order chi connectivity index (χ0) is 59.6. The van der Waals surface area contributed by atoms with Crippen LogP contribution in [0.5, 0.6) is 0 Å². The zero-order valence-corrected chi connectivity index (χ0v) is 51.0. The Morgan fingerprint density at radius 1 is 0.250 bits per heavy atom. The number of para-hydroxylation sites is 6. The summed E-state index contributed by atoms with van der Waals surface area (Å²) in [6.07, 6.45) is 0. The molecule has 92 heavy (non-hydrogen) atoms. The largest absolute Gasteiger partial charge is 0.311 e. The predicted octanol–water partition coefficient (Wildman–Crippen LogP) is 21.5. The van der Waals surface area contributed by atoms with E-state index < -0.39 is 0 Å². The van der Waals surface area contributed by atoms with Crippen molar-refractivity contribution in [2.24, 2.45) is 0 Å². The van der Waals surface area contributed by atoms with E-state index in [1.165, 1.54) is 156 Å². The van der Waals surface area contributed by atoms with Crippen molar-refractivity contribution >= 4 is 202 Å². The van der Waals surface area contributed by atoms with Gasteiger partial charge in [0.1, 0.15) is 0 Å². The lowest BCUT2D eigenvalue weighted by atomic mass is 9.33. The first-order valence-electron chi connectivity index (χ1n) is 31.7. The summed E-state index contributed by atoms with van der Waals surface area (Å²) < 4.78 is 12.6. The Kier molecular flexibility index (Phi) is 9.75. The number of hydrogen-bond acceptors (Lipinski definition) is 4. The molecule has 14 aromatic carbocycles. The molecule has 0 aliphatic carbocycles. The normalized spacial score (nSPS) is 13.2. The fourth-order valence-corrected chi connectivity index (χ4v) is 19.1. The molecule has 2 aliphatic heterocycles. The van der Waals surface area contributed by atoms with Crippen molar-refractivity contribution in [3.05, 3.63) is 291 Å². The van der Waals surface area contributed by atoms with Crippen molar-refractivity contribution in [3.63, 3.8) is 0 Å². The minimum atomic E-state index is -0.157. The van der Waals surface area contributed by atoms with E-state index in [0.29, 0.717) is 0 Å². The van der Waals surface area contributed by atoms with Crippen LogP contribution < -0.4 is 26.2 Å². The van der Waals surface area contributed by atoms with Crippen LogP contribution in [0.15, 0.2) is 291 Å². The van der Waals surface area contributed by atoms with E-state index in [1.807, 2.05) is 22.7 Å². The van der Waals surface area contributed by atoms with Crippen LogP contribution in [-0.4, -0.2) is 20.2 Å². The van der Waals surface area contributed by atoms with Crippen LogP contribution in [0, 0.1) is 0 Å². The number of nitrogens with zero attached hydrogens (tertiary/aromatic N) is 5. The van der Waals surface area contributed by atoms with E-state index in [-0.39, 0.29) is 6.71 Å². The molecule has 0 amide bonds. The Morgan fingerprint density at radius 3 is 1.12 bits per heavy atom. The Hall–Kier alpha value is -11.4. The summed E-state index contributed by atoms with van der Waals surface area (Å²) >= 11 is 3.82. The van der Waals surface area contributed by atoms with Gasteiger partial charge < -0.3 is 23.3 Å². The molecule has 8 heterocycles. The monoisotopic (exact) mass is 1200 g/mol. The highest BCUT2D eigenvalue weighted by Crippen LogP contribution is 2.54. The lowest BCUT2D eigenvalue weighted by Gasteiger charge is -2.45. The maximum atomic E-state index is 2.70. The van der Waals surface area contributed by atoms with Crippen LogP contribution in [-0.2, 0) is 0 Å². The third kappa shape index (κ3) is 6.46. The van der Waals surface area contributed by atoms with Gasteiger partial charge in [-0.15, -0.1) is 22.7 Å². The number of rotatable bonds is 5. The van der Waals surface area contributed by atoms with Gasteiger partial charge >= 0.3 is 0 Å². The average Bonchev–Trinajstić information content (AvgIpc) is 1.07. The molecule has 0 spiro atoms. The molecule has 20 aromatic rings. The van der Waals surface area contributed by atoms with E-state index in [9.17, 15) is 0 Å². The summed E-state index contributed by atoms with van der Waals surface area (Å²) in [4.78, 5) is 5.40. The second kappa shape index (κ2) is 18.1. The minimum absolute atomic E-state index is 0.157. The lowest BCUT2D eigenvalue weighted by Crippen LogP contribution is -2.61. The smallest absolute Gasteiger partial charge is 0.252 e. The van der Waals surface area contributed by atoms with Crippen molar-refractivity contribution < 1.29 is 0 Å². The van der Waals surface area contributed by atoms with Crippen molar-refractivity contribution in [2.75, 3.05) is 9.80 Å². The van der Waals surface area contributed by atoms with Crippen LogP contribution >= 0.6 is 22.7 Å². The Balaban J connectivity index is 0.938. The zero-order valence-electron chi connectivity index (χ0n) is 49.3. The van der Waals surface area contributed by atoms with Gasteiger partial charge in [-0.1, -0.05) is 158 Å². The SMILES string of the molecule is c1ccc(-n2c3ccccc3c3c(N4c5cc6c(cc5B5c7cc8sc9ccccc9c8cc7N(c7cccc8c7c7ccccc7n8-c7ccccc7)c7cc(-c8cc9c%10ccccc%10n%10c%11ccccc%11c(c8)c9%10)cc4c75)sc4ccccc46)cccc32)cc1. The fraction of sp³-hybridized carbons (Fsp3) is 0. The van der Waals surface area contributed by atoms with Crippen molar-refractivity contribution in [1.29, 1.82) is 0 Å². The predicted molar refractivity (Wildman–Crippen MR) is 395 cm³/mol. The van der Waals surface area contributed by atoms with E-state index in [4.69, 9.17) is 0 Å². The Morgan fingerprint density at radius 2 is 0.641 bits per heavy atom. The van der Waals surface area contributed by atoms with Crippen LogP contribution in [0.4, 0.5) is 34.1 Å². The molecule has 0 radical (unpaired) electrons. The summed E-state index contributed by atoms with van der Waals surface area (Å²) in [6.45, 7) is -0.157. The molecular weight excluding hydrogens is 1150 g/mol. The van der Waals surface area contributed by atoms with E-state index in [2.05, 4.69) is 315 Å². The van der Waals surface area contributed by atoms with Gasteiger partial charge in [0, 0.05) is 118 Å². The number of anilines is 6. The molecule has 8 heteroatoms. The topological polar surface area (TPSA) is 20.8 Å². The average molecular weight is 1200 g/mol. The summed E-state index contributed by atoms with van der Waals surface area (Å²) in [6, 6.07) is 110. The van der Waals surface area contributed by atoms with Crippen LogP contribution in [0.3, 0.4) is 0 Å². The molecule has 0 saturated heterocycles. The summed E-state index contributed by atoms with van der Waals surface area (Å²) in [5, 5.41) is 15.0. The summed E-state index contributed by atoms with van der Waals surface area (Å²) in [5.74, 6) is 0. The molecule has 6 aromatic heterocycles. The number of aromatic nitrogens is 3. The molecule has 0 bridgehead atoms. The molecular formula is C84H48BN5S2. The highest BCUT2D eigenvalue weighted by Gasteiger charge is 2.45. The highest BCUT2D eigenvalue weighted by atomic mass is 32.1. The van der Waals surface area contributed by atoms with Crippen LogP contribution in [0.2, 0.25) is 0 Å². The molecule has 5 nitrogen and oxygen atoms in total. The number of thiophene rings is 2. The van der Waals surface area contributed by atoms with Crippen molar-refractivity contribution in [2.45, 2.75) is 0 Å². The van der Waals surface area contributed by atoms with E-state index in [1.54, 1.807) is 0 Å². The Bertz CT molecular complexity index is 6220. The van der Waals surface area contributed by atoms with E-state index >= 15 is 0 Å². The molecule has 0 N–H and O–H groups in total. The van der Waals surface area contributed by atoms with Gasteiger partial charge in [0.05, 0.1) is 50.0 Å². The van der Waals surface area contributed by atoms with Gasteiger partial charge in [-0.3, -0.25) is 0 Å². The number of hydrogen-bond donors (Lipinski definition) is 0. The maximum absolute atomic E-state index is 2.70. The third-order valence-electron chi connectivity index (χ3n) is 20.5. The molecule has 424 valence electrons. The quantitative estimate of drug-likeness (QED) is 0.160. The molecule has 0 unspecified atom stereocenters. The lowest BCUT2D eigenvalue weighted by molar-refractivity contribution is 1.18. The first kappa shape index (κ1) is 49.5. The number of fused-ring (bicyclic) bond motifs is 22. The van der Waals surface area contributed by atoms with E-state index in [0.717, 1.165) is 39.3 Å². The van der Waals surface area contributed by atoms with Gasteiger partial charge in [0.15, 0.2) is 0 Å². The standard InChI is InChI=1S/C84H48BN5S2/c1-3-21-51(22-4-1)86-67-33-15-9-29-57(67)81-69(86)35-19-37-71(81)88-73-45-59-55-27-11-17-39-77(55)91-79(59)47-63(73)85-64-48-80-60(56-28-12-18-40-78(56)92-80)46-74(64)89(72-38-20-36-70-82(72)58-30-10-16-34-68(58)87(70)52-23-5-2-6-24-52)76-44-50(43-75(88)83(76)85)49-41-61-53-25-7-13-31-65(53)90-66-32-14-8-26-54(66)62(42-49)84(61)90/h1-48H. The van der Waals surface area contributed by atoms with Crippen molar-refractivity contribution in [1.82, 2.24) is 13.5 Å². The highest BCUT2D eigenvalue weighted by molar-refractivity contribution is 7.26. The molecule has 2 aliphatic rings. The van der Waals surface area contributed by atoms with Gasteiger partial charge in [0.25, 0.3) is 6.71 Å². The van der Waals surface area contributed by atoms with Crippen LogP contribution in [0.25, 0.3) is 145 Å². The van der Waals surface area contributed by atoms with Gasteiger partial charge in [-0.05, 0) is 161 Å². The summed E-state index contributed by atoms with van der Waals surface area (Å²) in [7, 11) is 0. The first-order valence-corrected chi connectivity index (χ1v) is 33.3. The first-order chi connectivity index (χ1) is 45.7. The van der Waals surface area contributed by atoms with Gasteiger partial charge in [-0.25, -0.2) is 0 Å².